The number of rotatable bonds is 6. The lowest BCUT2D eigenvalue weighted by molar-refractivity contribution is -0.125. The van der Waals surface area contributed by atoms with Gasteiger partial charge >= 0.3 is 19.2 Å². The molecule has 188 valence electrons. The van der Waals surface area contributed by atoms with Gasteiger partial charge in [0.05, 0.1) is 17.8 Å². The summed E-state index contributed by atoms with van der Waals surface area (Å²) in [5.74, 6) is -1.56. The lowest BCUT2D eigenvalue weighted by atomic mass is 9.64. The average molecular weight is 513 g/mol. The van der Waals surface area contributed by atoms with Crippen molar-refractivity contribution in [3.05, 3.63) is 40.4 Å². The van der Waals surface area contributed by atoms with Gasteiger partial charge in [-0.25, -0.2) is 19.5 Å². The first kappa shape index (κ1) is 25.3. The van der Waals surface area contributed by atoms with Crippen LogP contribution >= 0.6 is 11.3 Å². The van der Waals surface area contributed by atoms with Gasteiger partial charge in [0.2, 0.25) is 5.91 Å². The van der Waals surface area contributed by atoms with E-state index in [1.165, 1.54) is 19.2 Å². The number of carbonyl (C=O) groups excluding carboxylic acids is 5. The number of ketones is 2. The molecule has 36 heavy (non-hydrogen) atoms. The molecule has 1 aromatic heterocycles. The molecule has 3 heterocycles. The molecule has 0 saturated carbocycles. The number of carbonyl (C=O) groups is 5. The Morgan fingerprint density at radius 1 is 1.28 bits per heavy atom. The molecule has 1 fully saturated rings. The number of aromatic nitrogens is 1. The minimum absolute atomic E-state index is 0.0190. The van der Waals surface area contributed by atoms with Gasteiger partial charge in [0.15, 0.2) is 16.7 Å². The number of hydrogen-bond acceptors (Lipinski definition) is 10. The van der Waals surface area contributed by atoms with Crippen molar-refractivity contribution in [1.29, 1.82) is 0 Å². The summed E-state index contributed by atoms with van der Waals surface area (Å²) < 4.78 is 5.61. The number of anilines is 1. The first-order valence-corrected chi connectivity index (χ1v) is 12.1. The number of hydrogen-bond donors (Lipinski definition) is 3. The van der Waals surface area contributed by atoms with Crippen LogP contribution in [0.4, 0.5) is 14.7 Å². The van der Waals surface area contributed by atoms with E-state index in [9.17, 15) is 29.0 Å². The minimum atomic E-state index is -1.36. The van der Waals surface area contributed by atoms with Crippen LogP contribution in [0.25, 0.3) is 0 Å². The second-order valence-electron chi connectivity index (χ2n) is 8.59. The van der Waals surface area contributed by atoms with Crippen LogP contribution in [0.3, 0.4) is 0 Å². The Bertz CT molecular complexity index is 1250. The molecule has 1 unspecified atom stereocenters. The monoisotopic (exact) mass is 513 g/mol. The van der Waals surface area contributed by atoms with Crippen LogP contribution < -0.4 is 15.7 Å². The Balaban J connectivity index is 1.52. The highest BCUT2D eigenvalue weighted by molar-refractivity contribution is 7.13. The van der Waals surface area contributed by atoms with E-state index in [0.29, 0.717) is 16.9 Å². The van der Waals surface area contributed by atoms with E-state index < -0.39 is 42.7 Å². The number of Topliss-reactive ketones (excluding diaryl/α,β-unsaturated/α-hetero) is 2. The number of amides is 5. The number of nitrogen functional groups attached to an aromatic ring is 1. The van der Waals surface area contributed by atoms with E-state index in [2.05, 4.69) is 10.3 Å². The second kappa shape index (κ2) is 10.1. The Labute approximate surface area is 210 Å². The maximum Gasteiger partial charge on any atom is 0.526 e. The maximum atomic E-state index is 13.4. The fourth-order valence-electron chi connectivity index (χ4n) is 4.28. The molecule has 14 heteroatoms. The summed E-state index contributed by atoms with van der Waals surface area (Å²) >= 11 is 1.08. The first-order valence-electron chi connectivity index (χ1n) is 11.2. The van der Waals surface area contributed by atoms with Gasteiger partial charge in [-0.3, -0.25) is 19.3 Å². The third-order valence-electron chi connectivity index (χ3n) is 6.12. The minimum Gasteiger partial charge on any atom is -0.535 e. The molecule has 0 bridgehead atoms. The van der Waals surface area contributed by atoms with Crippen molar-refractivity contribution in [3.63, 3.8) is 0 Å². The maximum absolute atomic E-state index is 13.4. The number of imide groups is 2. The van der Waals surface area contributed by atoms with E-state index in [1.807, 2.05) is 0 Å². The molecule has 12 nitrogen and oxygen atoms in total. The quantitative estimate of drug-likeness (QED) is 0.381. The summed E-state index contributed by atoms with van der Waals surface area (Å²) in [4.78, 5) is 68.1. The van der Waals surface area contributed by atoms with Crippen molar-refractivity contribution >= 4 is 53.1 Å². The van der Waals surface area contributed by atoms with Crippen LogP contribution in [-0.2, 0) is 16.0 Å². The molecule has 0 spiro atoms. The number of benzene rings is 1. The number of fused-ring (bicyclic) bond motifs is 1. The molecule has 0 aliphatic carbocycles. The van der Waals surface area contributed by atoms with Crippen LogP contribution in [0.5, 0.6) is 5.75 Å². The number of nitrogens with two attached hydrogens (primary N) is 1. The van der Waals surface area contributed by atoms with Crippen molar-refractivity contribution in [2.75, 3.05) is 18.8 Å². The third kappa shape index (κ3) is 4.95. The average Bonchev–Trinajstić information content (AvgIpc) is 3.42. The van der Waals surface area contributed by atoms with Crippen LogP contribution in [0.1, 0.15) is 47.9 Å². The molecule has 4 N–H and O–H groups in total. The van der Waals surface area contributed by atoms with E-state index >= 15 is 0 Å². The predicted molar refractivity (Wildman–Crippen MR) is 129 cm³/mol. The summed E-state index contributed by atoms with van der Waals surface area (Å²) in [6.07, 6.45) is 0.0716. The molecule has 2 aromatic rings. The highest BCUT2D eigenvalue weighted by Crippen LogP contribution is 2.37. The number of nitrogens with zero attached hydrogens (tertiary/aromatic N) is 3. The van der Waals surface area contributed by atoms with Crippen molar-refractivity contribution < 1.29 is 33.7 Å². The summed E-state index contributed by atoms with van der Waals surface area (Å²) in [7, 11) is -1.36. The molecule has 0 radical (unpaired) electrons. The van der Waals surface area contributed by atoms with Crippen molar-refractivity contribution in [3.8, 4) is 5.75 Å². The number of urea groups is 2. The molecule has 1 aromatic carbocycles. The van der Waals surface area contributed by atoms with Crippen molar-refractivity contribution in [2.24, 2.45) is 0 Å². The summed E-state index contributed by atoms with van der Waals surface area (Å²) in [6.45, 7) is 2.65. The van der Waals surface area contributed by atoms with Crippen LogP contribution in [0.15, 0.2) is 23.6 Å². The zero-order valence-corrected chi connectivity index (χ0v) is 20.4. The molecular weight excluding hydrogens is 489 g/mol. The van der Waals surface area contributed by atoms with Gasteiger partial charge in [-0.15, -0.1) is 11.3 Å². The van der Waals surface area contributed by atoms with E-state index in [0.717, 1.165) is 21.1 Å². The van der Waals surface area contributed by atoms with E-state index in [1.54, 1.807) is 18.2 Å². The molecule has 5 amide bonds. The highest BCUT2D eigenvalue weighted by Gasteiger charge is 2.41. The molecule has 1 saturated heterocycles. The fraction of sp³-hybridized carbons (Fsp3) is 0.364. The molecule has 2 aliphatic heterocycles. The number of thiazole rings is 1. The smallest absolute Gasteiger partial charge is 0.526 e. The standard InChI is InChI=1S/C22H24BN5O7S/c1-11(29)15-5-3-4-13-8-14(23(34)35-19(13)15)9-17(31)18(16-10-36-20(24)25-16)26-21(32)28-7-6-27(12(2)30)22(28)33/h3-5,10,14,18,34H,6-9H2,1-2H3,(H2,24,25)(H,26,32)/t14-,18?/m1/s1. The lowest BCUT2D eigenvalue weighted by Crippen LogP contribution is -2.46. The van der Waals surface area contributed by atoms with Crippen LogP contribution in [-0.4, -0.2) is 69.6 Å². The Morgan fingerprint density at radius 2 is 2.00 bits per heavy atom. The Kier molecular flexibility index (Phi) is 7.08. The molecule has 2 atom stereocenters. The zero-order valence-electron chi connectivity index (χ0n) is 19.6. The lowest BCUT2D eigenvalue weighted by Gasteiger charge is -2.29. The van der Waals surface area contributed by atoms with Crippen molar-refractivity contribution in [1.82, 2.24) is 20.1 Å². The van der Waals surface area contributed by atoms with Crippen LogP contribution in [0.2, 0.25) is 5.82 Å². The Hall–Kier alpha value is -3.78. The normalized spacial score (nSPS) is 17.9. The molecule has 2 aliphatic rings. The van der Waals surface area contributed by atoms with Gasteiger partial charge in [-0.05, 0) is 25.0 Å². The van der Waals surface area contributed by atoms with Gasteiger partial charge in [-0.2, -0.15) is 0 Å². The van der Waals surface area contributed by atoms with Crippen molar-refractivity contribution in [2.45, 2.75) is 38.5 Å². The van der Waals surface area contributed by atoms with Gasteiger partial charge < -0.3 is 20.7 Å². The van der Waals surface area contributed by atoms with E-state index in [-0.39, 0.29) is 42.5 Å². The first-order chi connectivity index (χ1) is 17.1. The topological polar surface area (TPSA) is 172 Å². The summed E-state index contributed by atoms with van der Waals surface area (Å²) in [6, 6.07) is 2.18. The summed E-state index contributed by atoms with van der Waals surface area (Å²) in [5.41, 5.74) is 6.94. The SMILES string of the molecule is CC(=O)c1cccc2c1OB(O)[C@@H](CC(=O)C(NC(=O)N1CCN(C(C)=O)C1=O)c1csc(N)n1)C2. The predicted octanol–water partition coefficient (Wildman–Crippen LogP) is 1.41. The third-order valence-corrected chi connectivity index (χ3v) is 6.81. The van der Waals surface area contributed by atoms with Gasteiger partial charge in [0.25, 0.3) is 0 Å². The van der Waals surface area contributed by atoms with Crippen LogP contribution in [0, 0.1) is 0 Å². The van der Waals surface area contributed by atoms with Gasteiger partial charge in [0.1, 0.15) is 11.8 Å². The summed E-state index contributed by atoms with van der Waals surface area (Å²) in [5, 5.41) is 14.8. The fourth-order valence-corrected chi connectivity index (χ4v) is 4.87. The van der Waals surface area contributed by atoms with E-state index in [4.69, 9.17) is 10.4 Å². The molecular formula is C22H24BN5O7S. The Morgan fingerprint density at radius 3 is 2.61 bits per heavy atom. The van der Waals surface area contributed by atoms with Gasteiger partial charge in [-0.1, -0.05) is 12.1 Å². The zero-order chi connectivity index (χ0) is 26.1. The second-order valence-corrected chi connectivity index (χ2v) is 9.48. The van der Waals surface area contributed by atoms with Gasteiger partial charge in [0, 0.05) is 31.1 Å². The number of nitrogens with one attached hydrogen (secondary N) is 1. The number of para-hydroxylation sites is 1. The largest absolute Gasteiger partial charge is 0.535 e. The molecule has 4 rings (SSSR count). The highest BCUT2D eigenvalue weighted by atomic mass is 32.1.